The molecule has 0 atom stereocenters. The lowest BCUT2D eigenvalue weighted by atomic mass is 9.98. The van der Waals surface area contributed by atoms with Crippen molar-refractivity contribution in [2.24, 2.45) is 13.0 Å². The number of fused-ring (bicyclic) bond motifs is 2. The Bertz CT molecular complexity index is 1510. The number of imidazole rings is 2. The number of hydrogen-bond donors (Lipinski definition) is 0. The Hall–Kier alpha value is -3.57. The highest BCUT2D eigenvalue weighted by Crippen LogP contribution is 2.29. The number of para-hydroxylation sites is 2. The molecule has 1 amide bonds. The van der Waals surface area contributed by atoms with Crippen LogP contribution in [-0.2, 0) is 23.1 Å². The number of rotatable bonds is 5. The first-order valence-corrected chi connectivity index (χ1v) is 13.6. The summed E-state index contributed by atoms with van der Waals surface area (Å²) in [6, 6.07) is 8.07. The minimum Gasteiger partial charge on any atom is -0.378 e. The predicted octanol–water partition coefficient (Wildman–Crippen LogP) is 1.90. The average molecular weight is 516 g/mol. The van der Waals surface area contributed by atoms with Crippen molar-refractivity contribution in [3.8, 4) is 5.95 Å². The van der Waals surface area contributed by atoms with Crippen molar-refractivity contribution in [2.75, 3.05) is 57.4 Å². The zero-order valence-electron chi connectivity index (χ0n) is 22.0. The summed E-state index contributed by atoms with van der Waals surface area (Å²) in [5, 5.41) is 0. The number of aryl methyl sites for hydroxylation is 2. The van der Waals surface area contributed by atoms with Crippen molar-refractivity contribution in [1.29, 1.82) is 0 Å². The molecule has 3 fully saturated rings. The molecule has 3 saturated heterocycles. The maximum atomic E-state index is 12.8. The molecule has 11 nitrogen and oxygen atoms in total. The van der Waals surface area contributed by atoms with Gasteiger partial charge >= 0.3 is 0 Å². The van der Waals surface area contributed by atoms with Gasteiger partial charge in [-0.3, -0.25) is 14.3 Å². The van der Waals surface area contributed by atoms with E-state index in [-0.39, 0.29) is 5.92 Å². The van der Waals surface area contributed by atoms with E-state index in [9.17, 15) is 4.79 Å². The van der Waals surface area contributed by atoms with Crippen LogP contribution in [0.4, 0.5) is 5.82 Å². The number of carbonyl (C=O) groups excluding carboxylic acids is 1. The molecule has 198 valence electrons. The average Bonchev–Trinajstić information content (AvgIpc) is 3.64. The second-order valence-corrected chi connectivity index (χ2v) is 10.6. The van der Waals surface area contributed by atoms with Crippen molar-refractivity contribution in [3.05, 3.63) is 35.9 Å². The number of morpholine rings is 1. The summed E-state index contributed by atoms with van der Waals surface area (Å²) in [6.45, 7) is 8.90. The maximum Gasteiger partial charge on any atom is 0.239 e. The number of hydrogen-bond acceptors (Lipinski definition) is 8. The standard InChI is InChI=1S/C27H33N9O2/c1-18-28-20-7-3-4-8-21(20)36(18)27-30-24-23(25(31-27)34-11-13-38-14-12-34)29-22(32(24)2)17-33-15-19(16-33)26(37)35-9-5-6-10-35/h3-4,7-8,19H,5-6,9-17H2,1-2H3. The number of nitrogens with zero attached hydrogens (tertiary/aromatic N) is 9. The van der Waals surface area contributed by atoms with Crippen molar-refractivity contribution in [3.63, 3.8) is 0 Å². The smallest absolute Gasteiger partial charge is 0.239 e. The van der Waals surface area contributed by atoms with Gasteiger partial charge in [0.05, 0.1) is 36.7 Å². The Kier molecular flexibility index (Phi) is 5.77. The number of anilines is 1. The lowest BCUT2D eigenvalue weighted by molar-refractivity contribution is -0.140. The number of ether oxygens (including phenoxy) is 1. The van der Waals surface area contributed by atoms with Crippen molar-refractivity contribution >= 4 is 33.9 Å². The van der Waals surface area contributed by atoms with Crippen LogP contribution in [0.3, 0.4) is 0 Å². The molecule has 0 unspecified atom stereocenters. The predicted molar refractivity (Wildman–Crippen MR) is 143 cm³/mol. The van der Waals surface area contributed by atoms with Gasteiger partial charge in [-0.1, -0.05) is 12.1 Å². The first-order chi connectivity index (χ1) is 18.6. The zero-order chi connectivity index (χ0) is 25.8. The summed E-state index contributed by atoms with van der Waals surface area (Å²) >= 11 is 0. The topological polar surface area (TPSA) is 97.4 Å². The number of benzene rings is 1. The lowest BCUT2D eigenvalue weighted by Gasteiger charge is -2.39. The van der Waals surface area contributed by atoms with Gasteiger partial charge in [0.1, 0.15) is 11.6 Å². The quantitative estimate of drug-likeness (QED) is 0.398. The molecule has 38 heavy (non-hydrogen) atoms. The van der Waals surface area contributed by atoms with E-state index < -0.39 is 0 Å². The number of likely N-dealkylation sites (tertiary alicyclic amines) is 2. The van der Waals surface area contributed by atoms with Gasteiger partial charge < -0.3 is 19.1 Å². The van der Waals surface area contributed by atoms with Crippen LogP contribution >= 0.6 is 0 Å². The minimum absolute atomic E-state index is 0.107. The van der Waals surface area contributed by atoms with Crippen LogP contribution in [0.2, 0.25) is 0 Å². The van der Waals surface area contributed by atoms with Crippen LogP contribution < -0.4 is 4.90 Å². The molecular formula is C27H33N9O2. The van der Waals surface area contributed by atoms with E-state index in [1.165, 1.54) is 0 Å². The Morgan fingerprint density at radius 2 is 1.76 bits per heavy atom. The SMILES string of the molecule is Cc1nc2ccccc2n1-c1nc(N2CCOCC2)c2nc(CN3CC(C(=O)N4CCCC4)C3)n(C)c2n1. The fourth-order valence-corrected chi connectivity index (χ4v) is 5.97. The molecule has 1 aromatic carbocycles. The largest absolute Gasteiger partial charge is 0.378 e. The van der Waals surface area contributed by atoms with Gasteiger partial charge in [0.15, 0.2) is 17.0 Å². The van der Waals surface area contributed by atoms with Gasteiger partial charge in [0, 0.05) is 46.3 Å². The lowest BCUT2D eigenvalue weighted by Crippen LogP contribution is -2.53. The van der Waals surface area contributed by atoms with Crippen LogP contribution in [0, 0.1) is 12.8 Å². The third-order valence-corrected chi connectivity index (χ3v) is 8.11. The molecule has 0 N–H and O–H groups in total. The minimum atomic E-state index is 0.107. The number of aromatic nitrogens is 6. The van der Waals surface area contributed by atoms with Crippen molar-refractivity contribution < 1.29 is 9.53 Å². The first-order valence-electron chi connectivity index (χ1n) is 13.6. The molecule has 0 radical (unpaired) electrons. The van der Waals surface area contributed by atoms with Gasteiger partial charge in [-0.25, -0.2) is 9.97 Å². The highest BCUT2D eigenvalue weighted by Gasteiger charge is 2.36. The molecule has 0 saturated carbocycles. The van der Waals surface area contributed by atoms with E-state index in [0.29, 0.717) is 31.6 Å². The molecule has 0 bridgehead atoms. The second kappa shape index (κ2) is 9.32. The summed E-state index contributed by atoms with van der Waals surface area (Å²) in [4.78, 5) is 39.2. The molecule has 0 aliphatic carbocycles. The van der Waals surface area contributed by atoms with Gasteiger partial charge in [0.2, 0.25) is 11.9 Å². The summed E-state index contributed by atoms with van der Waals surface area (Å²) in [7, 11) is 2.02. The molecule has 6 heterocycles. The van der Waals surface area contributed by atoms with Crippen molar-refractivity contribution in [1.82, 2.24) is 38.9 Å². The van der Waals surface area contributed by atoms with Crippen LogP contribution in [0.5, 0.6) is 0 Å². The summed E-state index contributed by atoms with van der Waals surface area (Å²) in [6.07, 6.45) is 2.26. The summed E-state index contributed by atoms with van der Waals surface area (Å²) in [5.41, 5.74) is 3.51. The van der Waals surface area contributed by atoms with Crippen LogP contribution in [0.15, 0.2) is 24.3 Å². The first kappa shape index (κ1) is 23.5. The van der Waals surface area contributed by atoms with E-state index in [1.807, 2.05) is 41.6 Å². The highest BCUT2D eigenvalue weighted by atomic mass is 16.5. The fourth-order valence-electron chi connectivity index (χ4n) is 5.97. The van der Waals surface area contributed by atoms with Crippen LogP contribution in [0.25, 0.3) is 28.1 Å². The second-order valence-electron chi connectivity index (χ2n) is 10.6. The summed E-state index contributed by atoms with van der Waals surface area (Å²) in [5.74, 6) is 3.63. The third-order valence-electron chi connectivity index (χ3n) is 8.11. The molecule has 4 aromatic rings. The van der Waals surface area contributed by atoms with E-state index in [4.69, 9.17) is 24.7 Å². The Labute approximate surface area is 221 Å². The molecule has 3 aliphatic heterocycles. The van der Waals surface area contributed by atoms with Gasteiger partial charge in [-0.15, -0.1) is 0 Å². The molecular weight excluding hydrogens is 482 g/mol. The van der Waals surface area contributed by atoms with Crippen LogP contribution in [-0.4, -0.2) is 97.3 Å². The van der Waals surface area contributed by atoms with Gasteiger partial charge in [0.25, 0.3) is 0 Å². The Morgan fingerprint density at radius 3 is 2.55 bits per heavy atom. The van der Waals surface area contributed by atoms with Gasteiger partial charge in [-0.2, -0.15) is 9.97 Å². The molecule has 3 aromatic heterocycles. The van der Waals surface area contributed by atoms with Gasteiger partial charge in [-0.05, 0) is 31.9 Å². The molecule has 7 rings (SSSR count). The highest BCUT2D eigenvalue weighted by molar-refractivity contribution is 5.86. The Morgan fingerprint density at radius 1 is 1.00 bits per heavy atom. The van der Waals surface area contributed by atoms with Crippen molar-refractivity contribution in [2.45, 2.75) is 26.3 Å². The Balaban J connectivity index is 1.23. The van der Waals surface area contributed by atoms with E-state index in [0.717, 1.165) is 91.8 Å². The van der Waals surface area contributed by atoms with E-state index in [2.05, 4.69) is 20.4 Å². The number of amides is 1. The molecule has 0 spiro atoms. The molecule has 11 heteroatoms. The maximum absolute atomic E-state index is 12.8. The van der Waals surface area contributed by atoms with Crippen LogP contribution in [0.1, 0.15) is 24.5 Å². The normalized spacial score (nSPS) is 19.1. The fraction of sp³-hybridized carbons (Fsp3) is 0.519. The van der Waals surface area contributed by atoms with E-state index in [1.54, 1.807) is 0 Å². The third kappa shape index (κ3) is 3.92. The zero-order valence-corrected chi connectivity index (χ0v) is 22.0. The summed E-state index contributed by atoms with van der Waals surface area (Å²) < 4.78 is 9.72. The molecule has 3 aliphatic rings. The van der Waals surface area contributed by atoms with E-state index >= 15 is 0 Å². The number of carbonyl (C=O) groups is 1. The monoisotopic (exact) mass is 515 g/mol.